The normalized spacial score (nSPS) is 10.2. The molecule has 1 aromatic carbocycles. The van der Waals surface area contributed by atoms with Gasteiger partial charge in [0.2, 0.25) is 5.91 Å². The second-order valence-corrected chi connectivity index (χ2v) is 4.61. The van der Waals surface area contributed by atoms with Crippen molar-refractivity contribution in [3.05, 3.63) is 28.8 Å². The van der Waals surface area contributed by atoms with Gasteiger partial charge in [-0.15, -0.1) is 0 Å². The number of hydrogen-bond acceptors (Lipinski definition) is 2. The van der Waals surface area contributed by atoms with E-state index in [1.165, 1.54) is 0 Å². The van der Waals surface area contributed by atoms with Crippen LogP contribution in [0.1, 0.15) is 31.7 Å². The first-order chi connectivity index (χ1) is 8.67. The van der Waals surface area contributed by atoms with Crippen molar-refractivity contribution in [1.82, 2.24) is 5.32 Å². The van der Waals surface area contributed by atoms with Crippen LogP contribution >= 0.6 is 11.6 Å². The third kappa shape index (κ3) is 4.96. The van der Waals surface area contributed by atoms with Crippen LogP contribution in [0.5, 0.6) is 5.75 Å². The van der Waals surface area contributed by atoms with Crippen LogP contribution in [0.15, 0.2) is 18.2 Å². The van der Waals surface area contributed by atoms with Crippen molar-refractivity contribution >= 4 is 17.5 Å². The van der Waals surface area contributed by atoms with Crippen LogP contribution in [-0.2, 0) is 11.2 Å². The molecule has 0 bridgehead atoms. The molecule has 1 rings (SSSR count). The van der Waals surface area contributed by atoms with Gasteiger partial charge in [0.05, 0.1) is 18.6 Å². The fourth-order valence-electron chi connectivity index (χ4n) is 1.67. The molecule has 0 fully saturated rings. The molecule has 0 unspecified atom stereocenters. The highest BCUT2D eigenvalue weighted by atomic mass is 35.5. The standard InChI is InChI=1S/C14H20ClNO2/c1-3-4-5-8-16-14(17)10-11-6-7-13(18-2)12(15)9-11/h6-7,9H,3-5,8,10H2,1-2H3,(H,16,17). The number of rotatable bonds is 7. The summed E-state index contributed by atoms with van der Waals surface area (Å²) in [5.74, 6) is 0.663. The Morgan fingerprint density at radius 1 is 1.39 bits per heavy atom. The molecule has 1 amide bonds. The lowest BCUT2D eigenvalue weighted by Crippen LogP contribution is -2.26. The lowest BCUT2D eigenvalue weighted by Gasteiger charge is -2.07. The van der Waals surface area contributed by atoms with E-state index in [1.54, 1.807) is 19.2 Å². The van der Waals surface area contributed by atoms with E-state index in [1.807, 2.05) is 6.07 Å². The van der Waals surface area contributed by atoms with E-state index in [9.17, 15) is 4.79 Å². The first-order valence-electron chi connectivity index (χ1n) is 6.26. The Labute approximate surface area is 113 Å². The number of benzene rings is 1. The predicted molar refractivity (Wildman–Crippen MR) is 74.2 cm³/mol. The summed E-state index contributed by atoms with van der Waals surface area (Å²) in [7, 11) is 1.57. The summed E-state index contributed by atoms with van der Waals surface area (Å²) < 4.78 is 5.06. The lowest BCUT2D eigenvalue weighted by molar-refractivity contribution is -0.120. The molecule has 0 spiro atoms. The average molecular weight is 270 g/mol. The minimum atomic E-state index is 0.0346. The Morgan fingerprint density at radius 2 is 2.17 bits per heavy atom. The minimum Gasteiger partial charge on any atom is -0.495 e. The summed E-state index contributed by atoms with van der Waals surface area (Å²) in [6, 6.07) is 5.41. The summed E-state index contributed by atoms with van der Waals surface area (Å²) in [6.45, 7) is 2.89. The molecular formula is C14H20ClNO2. The third-order valence-electron chi connectivity index (χ3n) is 2.68. The van der Waals surface area contributed by atoms with Crippen LogP contribution in [0.3, 0.4) is 0 Å². The van der Waals surface area contributed by atoms with Gasteiger partial charge in [-0.05, 0) is 24.1 Å². The summed E-state index contributed by atoms with van der Waals surface area (Å²) >= 11 is 6.00. The first-order valence-corrected chi connectivity index (χ1v) is 6.64. The van der Waals surface area contributed by atoms with Crippen LogP contribution in [-0.4, -0.2) is 19.6 Å². The van der Waals surface area contributed by atoms with E-state index in [4.69, 9.17) is 16.3 Å². The molecule has 1 aromatic rings. The van der Waals surface area contributed by atoms with Gasteiger partial charge in [-0.25, -0.2) is 0 Å². The molecule has 3 nitrogen and oxygen atoms in total. The van der Waals surface area contributed by atoms with Gasteiger partial charge in [0.25, 0.3) is 0 Å². The number of carbonyl (C=O) groups is 1. The van der Waals surface area contributed by atoms with E-state index >= 15 is 0 Å². The van der Waals surface area contributed by atoms with E-state index in [0.29, 0.717) is 17.2 Å². The second-order valence-electron chi connectivity index (χ2n) is 4.20. The Bertz CT molecular complexity index is 393. The van der Waals surface area contributed by atoms with Crippen molar-refractivity contribution in [1.29, 1.82) is 0 Å². The Balaban J connectivity index is 2.42. The fourth-order valence-corrected chi connectivity index (χ4v) is 1.95. The van der Waals surface area contributed by atoms with Crippen LogP contribution in [0.25, 0.3) is 0 Å². The maximum absolute atomic E-state index is 11.7. The van der Waals surface area contributed by atoms with Crippen molar-refractivity contribution in [2.24, 2.45) is 0 Å². The number of ether oxygens (including phenoxy) is 1. The molecule has 0 aliphatic rings. The maximum Gasteiger partial charge on any atom is 0.224 e. The summed E-state index contributed by atoms with van der Waals surface area (Å²) in [4.78, 5) is 11.7. The third-order valence-corrected chi connectivity index (χ3v) is 2.98. The molecule has 1 N–H and O–H groups in total. The summed E-state index contributed by atoms with van der Waals surface area (Å²) in [5.41, 5.74) is 0.897. The lowest BCUT2D eigenvalue weighted by atomic mass is 10.1. The van der Waals surface area contributed by atoms with Gasteiger partial charge in [0, 0.05) is 6.54 Å². The molecule has 0 radical (unpaired) electrons. The first kappa shape index (κ1) is 14.8. The van der Waals surface area contributed by atoms with Crippen molar-refractivity contribution in [2.75, 3.05) is 13.7 Å². The van der Waals surface area contributed by atoms with Gasteiger partial charge < -0.3 is 10.1 Å². The average Bonchev–Trinajstić information content (AvgIpc) is 2.35. The molecule has 4 heteroatoms. The number of amides is 1. The number of methoxy groups -OCH3 is 1. The highest BCUT2D eigenvalue weighted by Gasteiger charge is 2.06. The number of nitrogens with one attached hydrogen (secondary N) is 1. The van der Waals surface area contributed by atoms with Crippen LogP contribution in [0.2, 0.25) is 5.02 Å². The summed E-state index contributed by atoms with van der Waals surface area (Å²) in [5, 5.41) is 3.44. The molecule has 0 aliphatic carbocycles. The predicted octanol–water partition coefficient (Wildman–Crippen LogP) is 3.20. The van der Waals surface area contributed by atoms with Gasteiger partial charge >= 0.3 is 0 Å². The van der Waals surface area contributed by atoms with Crippen molar-refractivity contribution in [2.45, 2.75) is 32.6 Å². The molecule has 18 heavy (non-hydrogen) atoms. The van der Waals surface area contributed by atoms with Crippen molar-refractivity contribution < 1.29 is 9.53 Å². The minimum absolute atomic E-state index is 0.0346. The Hall–Kier alpha value is -1.22. The Morgan fingerprint density at radius 3 is 2.78 bits per heavy atom. The molecule has 0 saturated heterocycles. The van der Waals surface area contributed by atoms with Gasteiger partial charge in [-0.3, -0.25) is 4.79 Å². The topological polar surface area (TPSA) is 38.3 Å². The van der Waals surface area contributed by atoms with E-state index in [0.717, 1.165) is 31.4 Å². The fraction of sp³-hybridized carbons (Fsp3) is 0.500. The molecule has 0 aliphatic heterocycles. The monoisotopic (exact) mass is 269 g/mol. The van der Waals surface area contributed by atoms with Crippen LogP contribution in [0.4, 0.5) is 0 Å². The zero-order chi connectivity index (χ0) is 13.4. The van der Waals surface area contributed by atoms with Crippen LogP contribution in [0, 0.1) is 0 Å². The largest absolute Gasteiger partial charge is 0.495 e. The van der Waals surface area contributed by atoms with Crippen molar-refractivity contribution in [3.8, 4) is 5.75 Å². The molecule has 100 valence electrons. The molecular weight excluding hydrogens is 250 g/mol. The molecule has 0 aromatic heterocycles. The van der Waals surface area contributed by atoms with E-state index < -0.39 is 0 Å². The SMILES string of the molecule is CCCCCNC(=O)Cc1ccc(OC)c(Cl)c1. The van der Waals surface area contributed by atoms with Crippen LogP contribution < -0.4 is 10.1 Å². The number of hydrogen-bond donors (Lipinski definition) is 1. The zero-order valence-electron chi connectivity index (χ0n) is 11.0. The number of halogens is 1. The van der Waals surface area contributed by atoms with E-state index in [2.05, 4.69) is 12.2 Å². The quantitative estimate of drug-likeness (QED) is 0.772. The second kappa shape index (κ2) is 7.98. The smallest absolute Gasteiger partial charge is 0.224 e. The summed E-state index contributed by atoms with van der Waals surface area (Å²) in [6.07, 6.45) is 3.69. The van der Waals surface area contributed by atoms with Gasteiger partial charge in [-0.1, -0.05) is 37.4 Å². The van der Waals surface area contributed by atoms with Gasteiger partial charge in [-0.2, -0.15) is 0 Å². The van der Waals surface area contributed by atoms with Crippen molar-refractivity contribution in [3.63, 3.8) is 0 Å². The van der Waals surface area contributed by atoms with Gasteiger partial charge in [0.1, 0.15) is 5.75 Å². The Kier molecular flexibility index (Phi) is 6.58. The molecule has 0 saturated carbocycles. The maximum atomic E-state index is 11.7. The van der Waals surface area contributed by atoms with E-state index in [-0.39, 0.29) is 5.91 Å². The molecule has 0 atom stereocenters. The molecule has 0 heterocycles. The number of unbranched alkanes of at least 4 members (excludes halogenated alkanes) is 2. The number of carbonyl (C=O) groups excluding carboxylic acids is 1. The van der Waals surface area contributed by atoms with Gasteiger partial charge in [0.15, 0.2) is 0 Å². The highest BCUT2D eigenvalue weighted by Crippen LogP contribution is 2.24. The zero-order valence-corrected chi connectivity index (χ0v) is 11.7. The highest BCUT2D eigenvalue weighted by molar-refractivity contribution is 6.32.